The van der Waals surface area contributed by atoms with E-state index in [0.717, 1.165) is 13.1 Å². The van der Waals surface area contributed by atoms with Gasteiger partial charge in [-0.05, 0) is 47.4 Å². The molecule has 0 bridgehead atoms. The smallest absolute Gasteiger partial charge is 0.0489 e. The Labute approximate surface area is 93.2 Å². The molecule has 1 aliphatic heterocycles. The van der Waals surface area contributed by atoms with Gasteiger partial charge in [0.05, 0.1) is 0 Å². The van der Waals surface area contributed by atoms with E-state index < -0.39 is 0 Å². The third kappa shape index (κ3) is 2.10. The van der Waals surface area contributed by atoms with Gasteiger partial charge in [-0.15, -0.1) is 0 Å². The summed E-state index contributed by atoms with van der Waals surface area (Å²) in [6.07, 6.45) is 1.21. The fraction of sp³-hybridized carbons (Fsp3) is 0.455. The van der Waals surface area contributed by atoms with Crippen LogP contribution in [-0.4, -0.2) is 19.1 Å². The highest BCUT2D eigenvalue weighted by molar-refractivity contribution is 9.10. The third-order valence-corrected chi connectivity index (χ3v) is 3.66. The molecule has 3 heteroatoms. The first-order valence-electron chi connectivity index (χ1n) is 5.00. The quantitative estimate of drug-likeness (QED) is 0.848. The van der Waals surface area contributed by atoms with Crippen LogP contribution in [0.2, 0.25) is 0 Å². The minimum atomic E-state index is 0.577. The largest absolute Gasteiger partial charge is 0.380 e. The predicted molar refractivity (Wildman–Crippen MR) is 63.8 cm³/mol. The van der Waals surface area contributed by atoms with Gasteiger partial charge in [-0.2, -0.15) is 0 Å². The van der Waals surface area contributed by atoms with E-state index in [0.29, 0.717) is 6.04 Å². The molecule has 1 atom stereocenters. The Morgan fingerprint density at radius 1 is 1.50 bits per heavy atom. The first kappa shape index (κ1) is 9.99. The molecule has 2 rings (SSSR count). The summed E-state index contributed by atoms with van der Waals surface area (Å²) in [7, 11) is 0. The van der Waals surface area contributed by atoms with E-state index in [4.69, 9.17) is 0 Å². The van der Waals surface area contributed by atoms with Crippen molar-refractivity contribution in [1.29, 1.82) is 0 Å². The minimum Gasteiger partial charge on any atom is -0.380 e. The van der Waals surface area contributed by atoms with Crippen molar-refractivity contribution in [3.05, 3.63) is 28.2 Å². The molecule has 0 amide bonds. The maximum absolute atomic E-state index is 3.60. The topological polar surface area (TPSA) is 24.1 Å². The predicted octanol–water partition coefficient (Wildman–Crippen LogP) is 2.53. The Hall–Kier alpha value is -0.540. The van der Waals surface area contributed by atoms with Crippen molar-refractivity contribution in [2.75, 3.05) is 18.4 Å². The van der Waals surface area contributed by atoms with Crippen molar-refractivity contribution >= 4 is 21.6 Å². The summed E-state index contributed by atoms with van der Waals surface area (Å²) in [5.41, 5.74) is 2.49. The van der Waals surface area contributed by atoms with E-state index in [1.165, 1.54) is 22.1 Å². The SMILES string of the molecule is Cc1cccc(NC2CCNC2)c1Br. The number of benzene rings is 1. The Morgan fingerprint density at radius 3 is 3.07 bits per heavy atom. The van der Waals surface area contributed by atoms with E-state index in [2.05, 4.69) is 51.7 Å². The number of hydrogen-bond acceptors (Lipinski definition) is 2. The number of halogens is 1. The van der Waals surface area contributed by atoms with Gasteiger partial charge in [0, 0.05) is 22.7 Å². The minimum absolute atomic E-state index is 0.577. The Kier molecular flexibility index (Phi) is 3.08. The highest BCUT2D eigenvalue weighted by Crippen LogP contribution is 2.26. The van der Waals surface area contributed by atoms with Crippen LogP contribution in [-0.2, 0) is 0 Å². The zero-order valence-electron chi connectivity index (χ0n) is 8.31. The first-order valence-corrected chi connectivity index (χ1v) is 5.79. The fourth-order valence-corrected chi connectivity index (χ4v) is 2.14. The molecule has 1 fully saturated rings. The molecule has 1 aliphatic rings. The molecular weight excluding hydrogens is 240 g/mol. The maximum atomic E-state index is 3.60. The van der Waals surface area contributed by atoms with Crippen molar-refractivity contribution in [3.63, 3.8) is 0 Å². The molecule has 1 aromatic carbocycles. The van der Waals surface area contributed by atoms with Crippen LogP contribution in [0.25, 0.3) is 0 Å². The van der Waals surface area contributed by atoms with Crippen molar-refractivity contribution < 1.29 is 0 Å². The Bertz CT molecular complexity index is 319. The molecule has 1 unspecified atom stereocenters. The highest BCUT2D eigenvalue weighted by Gasteiger charge is 2.14. The Morgan fingerprint density at radius 2 is 2.36 bits per heavy atom. The average Bonchev–Trinajstić information content (AvgIpc) is 2.66. The number of aryl methyl sites for hydroxylation is 1. The lowest BCUT2D eigenvalue weighted by molar-refractivity contribution is 0.792. The van der Waals surface area contributed by atoms with Crippen LogP contribution >= 0.6 is 15.9 Å². The van der Waals surface area contributed by atoms with E-state index in [1.54, 1.807) is 0 Å². The van der Waals surface area contributed by atoms with Gasteiger partial charge in [0.1, 0.15) is 0 Å². The summed E-state index contributed by atoms with van der Waals surface area (Å²) in [5.74, 6) is 0. The summed E-state index contributed by atoms with van der Waals surface area (Å²) in [4.78, 5) is 0. The van der Waals surface area contributed by atoms with Crippen LogP contribution in [0.5, 0.6) is 0 Å². The average molecular weight is 255 g/mol. The van der Waals surface area contributed by atoms with Gasteiger partial charge in [0.25, 0.3) is 0 Å². The molecule has 0 spiro atoms. The number of hydrogen-bond donors (Lipinski definition) is 2. The lowest BCUT2D eigenvalue weighted by Crippen LogP contribution is -2.22. The lowest BCUT2D eigenvalue weighted by Gasteiger charge is -2.15. The van der Waals surface area contributed by atoms with Crippen LogP contribution in [0.4, 0.5) is 5.69 Å². The number of rotatable bonds is 2. The monoisotopic (exact) mass is 254 g/mol. The van der Waals surface area contributed by atoms with E-state index in [1.807, 2.05) is 0 Å². The van der Waals surface area contributed by atoms with Gasteiger partial charge in [-0.1, -0.05) is 12.1 Å². The fourth-order valence-electron chi connectivity index (χ4n) is 1.76. The van der Waals surface area contributed by atoms with Crippen molar-refractivity contribution in [1.82, 2.24) is 5.32 Å². The maximum Gasteiger partial charge on any atom is 0.0489 e. The first-order chi connectivity index (χ1) is 6.77. The second-order valence-corrected chi connectivity index (χ2v) is 4.56. The summed E-state index contributed by atoms with van der Waals surface area (Å²) >= 11 is 3.60. The summed E-state index contributed by atoms with van der Waals surface area (Å²) in [6, 6.07) is 6.90. The molecule has 0 aromatic heterocycles. The molecule has 2 nitrogen and oxygen atoms in total. The van der Waals surface area contributed by atoms with Gasteiger partial charge < -0.3 is 10.6 Å². The second kappa shape index (κ2) is 4.32. The molecular formula is C11H15BrN2. The molecule has 1 aromatic rings. The molecule has 0 aliphatic carbocycles. The number of anilines is 1. The normalized spacial score (nSPS) is 21.1. The second-order valence-electron chi connectivity index (χ2n) is 3.77. The number of nitrogens with one attached hydrogen (secondary N) is 2. The summed E-state index contributed by atoms with van der Waals surface area (Å²) in [6.45, 7) is 4.31. The van der Waals surface area contributed by atoms with Crippen LogP contribution in [0, 0.1) is 6.92 Å². The molecule has 76 valence electrons. The molecule has 1 saturated heterocycles. The molecule has 2 N–H and O–H groups in total. The van der Waals surface area contributed by atoms with E-state index in [-0.39, 0.29) is 0 Å². The molecule has 14 heavy (non-hydrogen) atoms. The molecule has 0 radical (unpaired) electrons. The molecule has 1 heterocycles. The summed E-state index contributed by atoms with van der Waals surface area (Å²) < 4.78 is 1.19. The summed E-state index contributed by atoms with van der Waals surface area (Å²) in [5, 5.41) is 6.89. The van der Waals surface area contributed by atoms with Crippen LogP contribution in [0.3, 0.4) is 0 Å². The lowest BCUT2D eigenvalue weighted by atomic mass is 10.2. The van der Waals surface area contributed by atoms with Gasteiger partial charge in [0.2, 0.25) is 0 Å². The third-order valence-electron chi connectivity index (χ3n) is 2.61. The van der Waals surface area contributed by atoms with Crippen molar-refractivity contribution in [2.45, 2.75) is 19.4 Å². The zero-order valence-corrected chi connectivity index (χ0v) is 9.89. The van der Waals surface area contributed by atoms with Gasteiger partial charge >= 0.3 is 0 Å². The zero-order chi connectivity index (χ0) is 9.97. The highest BCUT2D eigenvalue weighted by atomic mass is 79.9. The van der Waals surface area contributed by atoms with Crippen molar-refractivity contribution in [3.8, 4) is 0 Å². The van der Waals surface area contributed by atoms with E-state index in [9.17, 15) is 0 Å². The molecule has 0 saturated carbocycles. The Balaban J connectivity index is 2.11. The van der Waals surface area contributed by atoms with Crippen LogP contribution < -0.4 is 10.6 Å². The van der Waals surface area contributed by atoms with E-state index >= 15 is 0 Å². The van der Waals surface area contributed by atoms with Gasteiger partial charge in [-0.3, -0.25) is 0 Å². The van der Waals surface area contributed by atoms with Gasteiger partial charge in [-0.25, -0.2) is 0 Å². The van der Waals surface area contributed by atoms with Crippen LogP contribution in [0.1, 0.15) is 12.0 Å². The van der Waals surface area contributed by atoms with Crippen molar-refractivity contribution in [2.24, 2.45) is 0 Å². The standard InChI is InChI=1S/C11H15BrN2/c1-8-3-2-4-10(11(8)12)14-9-5-6-13-7-9/h2-4,9,13-14H,5-7H2,1H3. The van der Waals surface area contributed by atoms with Crippen LogP contribution in [0.15, 0.2) is 22.7 Å². The van der Waals surface area contributed by atoms with Gasteiger partial charge in [0.15, 0.2) is 0 Å².